The summed E-state index contributed by atoms with van der Waals surface area (Å²) in [5.41, 5.74) is 2.35. The average molecular weight is 282 g/mol. The van der Waals surface area contributed by atoms with Crippen LogP contribution < -0.4 is 4.57 Å². The molecular weight excluding hydrogens is 269 g/mol. The van der Waals surface area contributed by atoms with Crippen LogP contribution in [0.4, 0.5) is 25.2 Å². The van der Waals surface area contributed by atoms with E-state index in [9.17, 15) is 25.2 Å². The first-order chi connectivity index (χ1) is 7.06. The van der Waals surface area contributed by atoms with E-state index in [4.69, 9.17) is 0 Å². The number of rotatable bonds is 0. The molecule has 0 radical (unpaired) electrons. The van der Waals surface area contributed by atoms with Gasteiger partial charge in [0, 0.05) is 19.9 Å². The van der Waals surface area contributed by atoms with Crippen LogP contribution in [0.3, 0.4) is 0 Å². The van der Waals surface area contributed by atoms with Crippen LogP contribution in [0.15, 0.2) is 6.07 Å². The average Bonchev–Trinajstić information content (AvgIpc) is 1.93. The maximum atomic E-state index is 9.87. The molecule has 102 valence electrons. The Morgan fingerprint density at radius 1 is 1.00 bits per heavy atom. The van der Waals surface area contributed by atoms with E-state index in [1.807, 2.05) is 20.9 Å². The fraction of sp³-hybridized carbons (Fsp3) is 0.500. The van der Waals surface area contributed by atoms with Crippen molar-refractivity contribution < 1.29 is 29.7 Å². The molecule has 0 aromatic carbocycles. The molecule has 9 heteroatoms. The third-order valence-corrected chi connectivity index (χ3v) is 1.77. The van der Waals surface area contributed by atoms with Crippen LogP contribution in [0.25, 0.3) is 0 Å². The van der Waals surface area contributed by atoms with E-state index in [1.165, 1.54) is 5.69 Å². The number of hydrogen-bond acceptors (Lipinski definition) is 1. The fourth-order valence-corrected chi connectivity index (χ4v) is 1.02. The molecule has 0 saturated heterocycles. The van der Waals surface area contributed by atoms with Gasteiger partial charge in [-0.1, -0.05) is 4.98 Å². The van der Waals surface area contributed by atoms with Crippen molar-refractivity contribution in [3.63, 3.8) is 0 Å². The summed E-state index contributed by atoms with van der Waals surface area (Å²) in [5, 5.41) is 0. The first-order valence-electron chi connectivity index (χ1n) is 4.43. The van der Waals surface area contributed by atoms with Gasteiger partial charge in [-0.05, 0) is 6.92 Å². The van der Waals surface area contributed by atoms with Crippen LogP contribution in [0.2, 0.25) is 0 Å². The van der Waals surface area contributed by atoms with Crippen molar-refractivity contribution in [1.82, 2.24) is 4.98 Å². The molecule has 0 atom stereocenters. The van der Waals surface area contributed by atoms with E-state index in [1.54, 1.807) is 0 Å². The maximum absolute atomic E-state index is 10.7. The Labute approximate surface area is 94.5 Å². The molecule has 0 unspecified atom stereocenters. The second-order valence-electron chi connectivity index (χ2n) is 3.60. The summed E-state index contributed by atoms with van der Waals surface area (Å²) in [7, 11) is -8.63. The Morgan fingerprint density at radius 2 is 1.35 bits per heavy atom. The zero-order valence-corrected chi connectivity index (χ0v) is 10.6. The summed E-state index contributed by atoms with van der Waals surface area (Å²) in [5.74, 6) is 1.07. The van der Waals surface area contributed by atoms with Crippen molar-refractivity contribution in [3.8, 4) is 0 Å². The van der Waals surface area contributed by atoms with Gasteiger partial charge in [-0.25, -0.2) is 4.57 Å². The summed E-state index contributed by atoms with van der Waals surface area (Å²) >= 11 is 0. The van der Waals surface area contributed by atoms with Gasteiger partial charge in [0.05, 0.1) is 7.05 Å². The van der Waals surface area contributed by atoms with Crippen molar-refractivity contribution in [2.45, 2.75) is 20.8 Å². The molecule has 17 heavy (non-hydrogen) atoms. The van der Waals surface area contributed by atoms with E-state index < -0.39 is 7.81 Å². The summed E-state index contributed by atoms with van der Waals surface area (Å²) in [6, 6.07) is 2.08. The van der Waals surface area contributed by atoms with Gasteiger partial charge in [0.2, 0.25) is 0 Å². The standard InChI is InChI=1S/C8H13N2.F6P/c1-6-5-7(2)10(4)8(3)9-6;1-7(2,3,4,5)6/h5H,1-4H3;/q+1;-1. The Balaban J connectivity index is 0.000000325. The summed E-state index contributed by atoms with van der Waals surface area (Å²) < 4.78 is 61.3. The van der Waals surface area contributed by atoms with Crippen molar-refractivity contribution >= 4 is 7.81 Å². The van der Waals surface area contributed by atoms with Crippen LogP contribution in [-0.4, -0.2) is 4.98 Å². The molecule has 0 aliphatic heterocycles. The number of halogens is 6. The molecule has 0 saturated carbocycles. The van der Waals surface area contributed by atoms with Crippen molar-refractivity contribution in [3.05, 3.63) is 23.3 Å². The Bertz CT molecular complexity index is 390. The fourth-order valence-electron chi connectivity index (χ4n) is 1.02. The van der Waals surface area contributed by atoms with Gasteiger partial charge in [-0.2, -0.15) is 0 Å². The molecule has 0 fully saturated rings. The molecule has 2 nitrogen and oxygen atoms in total. The molecule has 0 bridgehead atoms. The van der Waals surface area contributed by atoms with E-state index in [0.29, 0.717) is 0 Å². The third-order valence-electron chi connectivity index (χ3n) is 1.77. The summed E-state index contributed by atoms with van der Waals surface area (Å²) in [6.45, 7) is 6.11. The van der Waals surface area contributed by atoms with Gasteiger partial charge >= 0.3 is 33.0 Å². The molecule has 1 rings (SSSR count). The van der Waals surface area contributed by atoms with Crippen molar-refractivity contribution in [1.29, 1.82) is 0 Å². The minimum atomic E-state index is -10.7. The number of aromatic nitrogens is 2. The zero-order valence-electron chi connectivity index (χ0n) is 9.69. The minimum absolute atomic E-state index is 1.07. The second kappa shape index (κ2) is 3.80. The molecule has 1 aromatic rings. The quantitative estimate of drug-likeness (QED) is 0.395. The number of aryl methyl sites for hydroxylation is 3. The SMILES string of the molecule is Cc1cc(C)[n+](C)c(C)n1.F[P-](F)(F)(F)(F)F. The first kappa shape index (κ1) is 16.1. The van der Waals surface area contributed by atoms with Crippen LogP contribution in [0, 0.1) is 20.8 Å². The third kappa shape index (κ3) is 11.4. The van der Waals surface area contributed by atoms with Crippen molar-refractivity contribution in [2.75, 3.05) is 0 Å². The Kier molecular flexibility index (Phi) is 3.59. The van der Waals surface area contributed by atoms with Crippen LogP contribution in [0.5, 0.6) is 0 Å². The molecule has 0 aliphatic rings. The molecule has 0 aliphatic carbocycles. The topological polar surface area (TPSA) is 16.8 Å². The predicted molar refractivity (Wildman–Crippen MR) is 53.2 cm³/mol. The molecule has 0 N–H and O–H groups in total. The van der Waals surface area contributed by atoms with Gasteiger partial charge in [0.25, 0.3) is 5.82 Å². The van der Waals surface area contributed by atoms with E-state index in [-0.39, 0.29) is 0 Å². The summed E-state index contributed by atoms with van der Waals surface area (Å²) in [4.78, 5) is 4.30. The van der Waals surface area contributed by atoms with Crippen LogP contribution in [-0.2, 0) is 7.05 Å². The van der Waals surface area contributed by atoms with Crippen LogP contribution >= 0.6 is 7.81 Å². The molecule has 0 amide bonds. The Morgan fingerprint density at radius 3 is 1.65 bits per heavy atom. The molecule has 1 heterocycles. The second-order valence-corrected chi connectivity index (χ2v) is 5.52. The predicted octanol–water partition coefficient (Wildman–Crippen LogP) is 4.21. The normalized spacial score (nSPS) is 15.4. The van der Waals surface area contributed by atoms with Crippen molar-refractivity contribution in [2.24, 2.45) is 7.05 Å². The summed E-state index contributed by atoms with van der Waals surface area (Å²) in [6.07, 6.45) is 0. The van der Waals surface area contributed by atoms with E-state index >= 15 is 0 Å². The van der Waals surface area contributed by atoms with Gasteiger partial charge in [0.1, 0.15) is 5.69 Å². The number of hydrogen-bond donors (Lipinski definition) is 0. The first-order valence-corrected chi connectivity index (χ1v) is 6.46. The van der Waals surface area contributed by atoms with Gasteiger partial charge in [-0.3, -0.25) is 0 Å². The Hall–Kier alpha value is -0.910. The van der Waals surface area contributed by atoms with Gasteiger partial charge in [0.15, 0.2) is 5.69 Å². The van der Waals surface area contributed by atoms with Gasteiger partial charge < -0.3 is 0 Å². The van der Waals surface area contributed by atoms with Crippen LogP contribution in [0.1, 0.15) is 17.2 Å². The van der Waals surface area contributed by atoms with E-state index in [2.05, 4.69) is 22.5 Å². The monoisotopic (exact) mass is 282 g/mol. The zero-order chi connectivity index (χ0) is 14.1. The molecular formula is C8H13F6N2P. The molecule has 0 spiro atoms. The number of nitrogens with zero attached hydrogens (tertiary/aromatic N) is 2. The van der Waals surface area contributed by atoms with Gasteiger partial charge in [-0.15, -0.1) is 0 Å². The molecule has 1 aromatic heterocycles. The van der Waals surface area contributed by atoms with E-state index in [0.717, 1.165) is 11.5 Å².